The van der Waals surface area contributed by atoms with E-state index in [9.17, 15) is 13.8 Å². The smallest absolute Gasteiger partial charge is 0.325 e. The van der Waals surface area contributed by atoms with E-state index in [1.54, 1.807) is 12.2 Å². The summed E-state index contributed by atoms with van der Waals surface area (Å²) in [6.45, 7) is 0. The minimum Gasteiger partial charge on any atom is -0.365 e. The molecule has 3 rings (SSSR count). The Kier molecular flexibility index (Phi) is 2.02. The number of fused-ring (bicyclic) bond motifs is 5. The van der Waals surface area contributed by atoms with Gasteiger partial charge in [0.2, 0.25) is 0 Å². The van der Waals surface area contributed by atoms with Crippen molar-refractivity contribution in [3.05, 3.63) is 12.2 Å². The third-order valence-corrected chi connectivity index (χ3v) is 3.29. The molecular formula is C8H7NO6S. The van der Waals surface area contributed by atoms with Crippen LogP contribution in [0.3, 0.4) is 0 Å². The number of rotatable bonds is 2. The molecule has 5 atom stereocenters. The number of hydroxylamine groups is 2. The van der Waals surface area contributed by atoms with Gasteiger partial charge in [-0.15, -0.1) is 9.35 Å². The summed E-state index contributed by atoms with van der Waals surface area (Å²) in [5.41, 5.74) is 0. The summed E-state index contributed by atoms with van der Waals surface area (Å²) in [5.74, 6) is -2.47. The molecule has 7 nitrogen and oxygen atoms in total. The molecule has 8 heteroatoms. The first-order valence-electron chi connectivity index (χ1n) is 4.60. The molecule has 3 aliphatic rings. The summed E-state index contributed by atoms with van der Waals surface area (Å²) < 4.78 is 28.6. The van der Waals surface area contributed by atoms with Gasteiger partial charge in [0.1, 0.15) is 0 Å². The number of nitrogens with zero attached hydrogens (tertiary/aromatic N) is 1. The van der Waals surface area contributed by atoms with Gasteiger partial charge in [-0.2, -0.15) is 4.21 Å². The number of amides is 2. The summed E-state index contributed by atoms with van der Waals surface area (Å²) in [7, 11) is 0. The molecule has 2 fully saturated rings. The Labute approximate surface area is 92.4 Å². The predicted molar refractivity (Wildman–Crippen MR) is 48.5 cm³/mol. The van der Waals surface area contributed by atoms with E-state index >= 15 is 0 Å². The van der Waals surface area contributed by atoms with E-state index in [2.05, 4.69) is 4.28 Å². The van der Waals surface area contributed by atoms with Crippen molar-refractivity contribution in [2.75, 3.05) is 0 Å². The molecule has 0 aromatic rings. The lowest BCUT2D eigenvalue weighted by molar-refractivity contribution is -0.168. The number of hydrogen-bond acceptors (Lipinski definition) is 5. The van der Waals surface area contributed by atoms with E-state index in [0.29, 0.717) is 5.06 Å². The Hall–Kier alpha value is -1.09. The summed E-state index contributed by atoms with van der Waals surface area (Å²) in [6.07, 6.45) is 2.59. The van der Waals surface area contributed by atoms with Crippen molar-refractivity contribution in [1.29, 1.82) is 0 Å². The van der Waals surface area contributed by atoms with Gasteiger partial charge < -0.3 is 4.74 Å². The summed E-state index contributed by atoms with van der Waals surface area (Å²) in [6, 6.07) is 0. The first-order chi connectivity index (χ1) is 7.59. The molecule has 0 aliphatic carbocycles. The van der Waals surface area contributed by atoms with Crippen molar-refractivity contribution >= 4 is 23.2 Å². The van der Waals surface area contributed by atoms with E-state index < -0.39 is 47.2 Å². The highest BCUT2D eigenvalue weighted by atomic mass is 32.2. The molecule has 2 bridgehead atoms. The maximum absolute atomic E-state index is 11.7. The molecule has 0 spiro atoms. The second-order valence-corrected chi connectivity index (χ2v) is 4.35. The fourth-order valence-electron chi connectivity index (χ4n) is 2.41. The van der Waals surface area contributed by atoms with Crippen molar-refractivity contribution in [2.45, 2.75) is 12.2 Å². The standard InChI is InChI=1S/C8H7NO6S/c10-7-5-3-1-2-4(14-3)6(5)8(11)9(7)15-16(12)13/h1-6H,(H,12,13). The van der Waals surface area contributed by atoms with Gasteiger partial charge in [-0.25, -0.2) is 0 Å². The molecule has 16 heavy (non-hydrogen) atoms. The monoisotopic (exact) mass is 245 g/mol. The second kappa shape index (κ2) is 3.20. The Morgan fingerprint density at radius 3 is 2.19 bits per heavy atom. The molecule has 3 heterocycles. The number of carbonyl (C=O) groups excluding carboxylic acids is 2. The molecular weight excluding hydrogens is 238 g/mol. The zero-order valence-corrected chi connectivity index (χ0v) is 8.62. The lowest BCUT2D eigenvalue weighted by Crippen LogP contribution is -2.35. The molecule has 5 unspecified atom stereocenters. The molecule has 0 aromatic heterocycles. The first-order valence-corrected chi connectivity index (χ1v) is 5.63. The highest BCUT2D eigenvalue weighted by Crippen LogP contribution is 2.45. The van der Waals surface area contributed by atoms with Crippen molar-refractivity contribution in [2.24, 2.45) is 11.8 Å². The van der Waals surface area contributed by atoms with Gasteiger partial charge >= 0.3 is 11.4 Å². The van der Waals surface area contributed by atoms with Crippen molar-refractivity contribution < 1.29 is 27.4 Å². The van der Waals surface area contributed by atoms with Crippen LogP contribution in [0.1, 0.15) is 0 Å². The van der Waals surface area contributed by atoms with E-state index in [0.717, 1.165) is 0 Å². The largest absolute Gasteiger partial charge is 0.365 e. The topological polar surface area (TPSA) is 93.1 Å². The van der Waals surface area contributed by atoms with E-state index in [1.807, 2.05) is 0 Å². The van der Waals surface area contributed by atoms with Crippen molar-refractivity contribution in [1.82, 2.24) is 5.06 Å². The minimum absolute atomic E-state index is 0.376. The molecule has 3 aliphatic heterocycles. The fraction of sp³-hybridized carbons (Fsp3) is 0.500. The summed E-state index contributed by atoms with van der Waals surface area (Å²) in [4.78, 5) is 23.5. The van der Waals surface area contributed by atoms with Crippen LogP contribution in [0.25, 0.3) is 0 Å². The lowest BCUT2D eigenvalue weighted by atomic mass is 9.85. The normalized spacial score (nSPS) is 41.9. The van der Waals surface area contributed by atoms with Crippen LogP contribution in [0, 0.1) is 11.8 Å². The first kappa shape index (κ1) is 10.1. The van der Waals surface area contributed by atoms with Crippen LogP contribution < -0.4 is 0 Å². The molecule has 2 amide bonds. The highest BCUT2D eigenvalue weighted by Gasteiger charge is 2.61. The van der Waals surface area contributed by atoms with Crippen LogP contribution in [0.4, 0.5) is 0 Å². The van der Waals surface area contributed by atoms with E-state index in [-0.39, 0.29) is 0 Å². The van der Waals surface area contributed by atoms with Gasteiger partial charge in [-0.05, 0) is 0 Å². The van der Waals surface area contributed by atoms with Gasteiger partial charge in [0.05, 0.1) is 24.0 Å². The maximum Gasteiger partial charge on any atom is 0.325 e. The van der Waals surface area contributed by atoms with Crippen molar-refractivity contribution in [3.63, 3.8) is 0 Å². The average molecular weight is 245 g/mol. The third-order valence-electron chi connectivity index (χ3n) is 3.01. The number of ether oxygens (including phenoxy) is 1. The summed E-state index contributed by atoms with van der Waals surface area (Å²) in [5, 5.41) is 0.376. The highest BCUT2D eigenvalue weighted by molar-refractivity contribution is 7.74. The number of carbonyl (C=O) groups is 2. The number of imide groups is 1. The van der Waals surface area contributed by atoms with Crippen LogP contribution in [0.5, 0.6) is 0 Å². The Morgan fingerprint density at radius 2 is 1.75 bits per heavy atom. The second-order valence-electron chi connectivity index (χ2n) is 3.76. The Bertz CT molecular complexity index is 404. The molecule has 1 N–H and O–H groups in total. The zero-order chi connectivity index (χ0) is 11.4. The minimum atomic E-state index is -2.68. The van der Waals surface area contributed by atoms with Gasteiger partial charge in [0, 0.05) is 0 Å². The summed E-state index contributed by atoms with van der Waals surface area (Å²) >= 11 is -2.68. The molecule has 86 valence electrons. The van der Waals surface area contributed by atoms with Crippen LogP contribution >= 0.6 is 0 Å². The van der Waals surface area contributed by atoms with Gasteiger partial charge in [-0.3, -0.25) is 14.1 Å². The number of hydrogen-bond donors (Lipinski definition) is 1. The third kappa shape index (κ3) is 1.15. The van der Waals surface area contributed by atoms with E-state index in [1.165, 1.54) is 0 Å². The van der Waals surface area contributed by atoms with Crippen molar-refractivity contribution in [3.8, 4) is 0 Å². The maximum atomic E-state index is 11.7. The SMILES string of the molecule is O=C1C2C3C=CC(O3)C2C(=O)N1OS(=O)O. The predicted octanol–water partition coefficient (Wildman–Crippen LogP) is -1.01. The molecule has 0 aromatic carbocycles. The van der Waals surface area contributed by atoms with E-state index in [4.69, 9.17) is 9.29 Å². The molecule has 2 saturated heterocycles. The van der Waals surface area contributed by atoms with Gasteiger partial charge in [0.15, 0.2) is 0 Å². The average Bonchev–Trinajstić information content (AvgIpc) is 2.87. The zero-order valence-electron chi connectivity index (χ0n) is 7.81. The van der Waals surface area contributed by atoms with Crippen LogP contribution in [0.15, 0.2) is 12.2 Å². The molecule has 0 radical (unpaired) electrons. The lowest BCUT2D eigenvalue weighted by Gasteiger charge is -2.13. The fourth-order valence-corrected chi connectivity index (χ4v) is 2.69. The molecule has 0 saturated carbocycles. The Balaban J connectivity index is 1.91. The van der Waals surface area contributed by atoms with Gasteiger partial charge in [0.25, 0.3) is 11.8 Å². The van der Waals surface area contributed by atoms with Crippen LogP contribution in [-0.2, 0) is 30.0 Å². The Morgan fingerprint density at radius 1 is 1.25 bits per heavy atom. The van der Waals surface area contributed by atoms with Crippen LogP contribution in [0.2, 0.25) is 0 Å². The van der Waals surface area contributed by atoms with Gasteiger partial charge in [-0.1, -0.05) is 12.2 Å². The quantitative estimate of drug-likeness (QED) is 0.381. The van der Waals surface area contributed by atoms with Crippen LogP contribution in [-0.4, -0.2) is 37.8 Å².